The van der Waals surface area contributed by atoms with Gasteiger partial charge in [0.1, 0.15) is 0 Å². The molecule has 1 N–H and O–H groups in total. The maximum atomic E-state index is 10.6. The SMILES string of the molecule is CCC1=C(C(C)C)/C(=C/C(C)=C\C=C/C(C)=C\C(=O)O)CCC1. The summed E-state index contributed by atoms with van der Waals surface area (Å²) in [4.78, 5) is 10.6. The zero-order valence-electron chi connectivity index (χ0n) is 15.1. The molecular formula is C21H30O2. The summed E-state index contributed by atoms with van der Waals surface area (Å²) in [7, 11) is 0. The van der Waals surface area contributed by atoms with Crippen LogP contribution in [0, 0.1) is 5.92 Å². The Balaban J connectivity index is 2.97. The molecule has 0 atom stereocenters. The Labute approximate surface area is 141 Å². The van der Waals surface area contributed by atoms with Gasteiger partial charge in [-0.25, -0.2) is 4.79 Å². The third-order valence-electron chi connectivity index (χ3n) is 4.13. The highest BCUT2D eigenvalue weighted by Gasteiger charge is 2.18. The van der Waals surface area contributed by atoms with E-state index in [2.05, 4.69) is 33.8 Å². The Morgan fingerprint density at radius 3 is 2.48 bits per heavy atom. The fourth-order valence-electron chi connectivity index (χ4n) is 3.20. The summed E-state index contributed by atoms with van der Waals surface area (Å²) < 4.78 is 0. The molecule has 0 bridgehead atoms. The minimum atomic E-state index is -0.906. The molecule has 1 rings (SSSR count). The van der Waals surface area contributed by atoms with Crippen LogP contribution in [-0.2, 0) is 4.79 Å². The van der Waals surface area contributed by atoms with E-state index < -0.39 is 5.97 Å². The van der Waals surface area contributed by atoms with Crippen LogP contribution in [0.1, 0.15) is 60.3 Å². The Bertz CT molecular complexity index is 581. The standard InChI is InChI=1S/C21H30O2/c1-6-18-11-8-12-19(21(18)15(2)3)13-16(4)9-7-10-17(5)14-20(22)23/h7,9-10,13-15H,6,8,11-12H2,1-5H3,(H,22,23)/b10-7-,16-9-,17-14-,19-13+. The lowest BCUT2D eigenvalue weighted by Crippen LogP contribution is -2.08. The molecule has 0 saturated heterocycles. The summed E-state index contributed by atoms with van der Waals surface area (Å²) in [6.45, 7) is 10.7. The van der Waals surface area contributed by atoms with Gasteiger partial charge >= 0.3 is 5.97 Å². The van der Waals surface area contributed by atoms with Crippen molar-refractivity contribution < 1.29 is 9.90 Å². The number of carboxylic acid groups (broad SMARTS) is 1. The number of hydrogen-bond donors (Lipinski definition) is 1. The second-order valence-electron chi connectivity index (χ2n) is 6.55. The number of rotatable bonds is 6. The van der Waals surface area contributed by atoms with E-state index in [0.717, 1.165) is 18.4 Å². The molecule has 0 radical (unpaired) electrons. The second-order valence-corrected chi connectivity index (χ2v) is 6.55. The molecule has 0 spiro atoms. The van der Waals surface area contributed by atoms with Crippen LogP contribution in [0.4, 0.5) is 0 Å². The lowest BCUT2D eigenvalue weighted by Gasteiger charge is -2.26. The van der Waals surface area contributed by atoms with E-state index in [4.69, 9.17) is 5.11 Å². The van der Waals surface area contributed by atoms with Crippen LogP contribution in [-0.4, -0.2) is 11.1 Å². The molecule has 0 aromatic rings. The van der Waals surface area contributed by atoms with Crippen LogP contribution < -0.4 is 0 Å². The molecule has 0 aliphatic heterocycles. The summed E-state index contributed by atoms with van der Waals surface area (Å²) in [6, 6.07) is 0. The Morgan fingerprint density at radius 1 is 1.22 bits per heavy atom. The summed E-state index contributed by atoms with van der Waals surface area (Å²) in [5.74, 6) is -0.337. The Morgan fingerprint density at radius 2 is 1.91 bits per heavy atom. The highest BCUT2D eigenvalue weighted by molar-refractivity contribution is 5.81. The monoisotopic (exact) mass is 314 g/mol. The normalized spacial score (nSPS) is 19.3. The number of aliphatic carboxylic acids is 1. The highest BCUT2D eigenvalue weighted by atomic mass is 16.4. The molecule has 0 aromatic carbocycles. The third-order valence-corrected chi connectivity index (χ3v) is 4.13. The van der Waals surface area contributed by atoms with E-state index in [1.165, 1.54) is 30.1 Å². The van der Waals surface area contributed by atoms with Crippen molar-refractivity contribution in [3.05, 3.63) is 58.2 Å². The molecule has 0 fully saturated rings. The number of hydrogen-bond acceptors (Lipinski definition) is 1. The van der Waals surface area contributed by atoms with Crippen LogP contribution in [0.5, 0.6) is 0 Å². The Kier molecular flexibility index (Phi) is 7.80. The van der Waals surface area contributed by atoms with Gasteiger partial charge in [0, 0.05) is 6.08 Å². The van der Waals surface area contributed by atoms with Crippen LogP contribution >= 0.6 is 0 Å². The van der Waals surface area contributed by atoms with Crippen molar-refractivity contribution >= 4 is 5.97 Å². The molecule has 126 valence electrons. The lowest BCUT2D eigenvalue weighted by atomic mass is 9.80. The van der Waals surface area contributed by atoms with Crippen molar-refractivity contribution in [2.24, 2.45) is 5.92 Å². The molecule has 0 saturated carbocycles. The van der Waals surface area contributed by atoms with E-state index >= 15 is 0 Å². The summed E-state index contributed by atoms with van der Waals surface area (Å²) >= 11 is 0. The first kappa shape index (κ1) is 19.2. The summed E-state index contributed by atoms with van der Waals surface area (Å²) in [6.07, 6.45) is 14.1. The average molecular weight is 314 g/mol. The fourth-order valence-corrected chi connectivity index (χ4v) is 3.20. The summed E-state index contributed by atoms with van der Waals surface area (Å²) in [5.41, 5.74) is 6.58. The van der Waals surface area contributed by atoms with Crippen molar-refractivity contribution in [3.63, 3.8) is 0 Å². The van der Waals surface area contributed by atoms with Gasteiger partial charge in [-0.2, -0.15) is 0 Å². The third kappa shape index (κ3) is 6.43. The smallest absolute Gasteiger partial charge is 0.328 e. The average Bonchev–Trinajstić information content (AvgIpc) is 2.45. The number of allylic oxidation sites excluding steroid dienone is 9. The van der Waals surface area contributed by atoms with Crippen LogP contribution in [0.25, 0.3) is 0 Å². The van der Waals surface area contributed by atoms with E-state index in [1.54, 1.807) is 18.1 Å². The molecule has 1 aliphatic carbocycles. The van der Waals surface area contributed by atoms with E-state index in [0.29, 0.717) is 5.92 Å². The molecule has 0 aromatic heterocycles. The Hall–Kier alpha value is -1.83. The quantitative estimate of drug-likeness (QED) is 0.483. The predicted octanol–water partition coefficient (Wildman–Crippen LogP) is 5.99. The lowest BCUT2D eigenvalue weighted by molar-refractivity contribution is -0.131. The van der Waals surface area contributed by atoms with Crippen molar-refractivity contribution in [2.75, 3.05) is 0 Å². The predicted molar refractivity (Wildman–Crippen MR) is 98.4 cm³/mol. The van der Waals surface area contributed by atoms with E-state index in [1.807, 2.05) is 18.2 Å². The number of carboxylic acids is 1. The molecule has 0 heterocycles. The minimum Gasteiger partial charge on any atom is -0.478 e. The largest absolute Gasteiger partial charge is 0.478 e. The molecule has 1 aliphatic rings. The van der Waals surface area contributed by atoms with Crippen LogP contribution in [0.3, 0.4) is 0 Å². The highest BCUT2D eigenvalue weighted by Crippen LogP contribution is 2.36. The van der Waals surface area contributed by atoms with Gasteiger partial charge < -0.3 is 5.11 Å². The first-order valence-electron chi connectivity index (χ1n) is 8.54. The van der Waals surface area contributed by atoms with Gasteiger partial charge in [-0.1, -0.05) is 56.2 Å². The van der Waals surface area contributed by atoms with Gasteiger partial charge in [0.25, 0.3) is 0 Å². The molecule has 0 amide bonds. The van der Waals surface area contributed by atoms with Crippen molar-refractivity contribution in [1.29, 1.82) is 0 Å². The molecule has 2 heteroatoms. The maximum Gasteiger partial charge on any atom is 0.328 e. The van der Waals surface area contributed by atoms with Crippen molar-refractivity contribution in [1.82, 2.24) is 0 Å². The van der Waals surface area contributed by atoms with E-state index in [9.17, 15) is 4.79 Å². The zero-order valence-corrected chi connectivity index (χ0v) is 15.1. The first-order chi connectivity index (χ1) is 10.8. The summed E-state index contributed by atoms with van der Waals surface area (Å²) in [5, 5.41) is 8.70. The zero-order chi connectivity index (χ0) is 17.4. The second kappa shape index (κ2) is 9.34. The van der Waals surface area contributed by atoms with Gasteiger partial charge in [0.2, 0.25) is 0 Å². The van der Waals surface area contributed by atoms with Gasteiger partial charge in [0.15, 0.2) is 0 Å². The number of carbonyl (C=O) groups is 1. The molecule has 0 unspecified atom stereocenters. The minimum absolute atomic E-state index is 0.570. The molecule has 2 nitrogen and oxygen atoms in total. The molecule has 23 heavy (non-hydrogen) atoms. The van der Waals surface area contributed by atoms with Gasteiger partial charge in [-0.3, -0.25) is 0 Å². The van der Waals surface area contributed by atoms with Crippen LogP contribution in [0.15, 0.2) is 58.2 Å². The first-order valence-corrected chi connectivity index (χ1v) is 8.54. The topological polar surface area (TPSA) is 37.3 Å². The van der Waals surface area contributed by atoms with Crippen molar-refractivity contribution in [2.45, 2.75) is 60.3 Å². The van der Waals surface area contributed by atoms with Crippen LogP contribution in [0.2, 0.25) is 0 Å². The maximum absolute atomic E-state index is 10.6. The van der Waals surface area contributed by atoms with Gasteiger partial charge in [-0.15, -0.1) is 0 Å². The van der Waals surface area contributed by atoms with Gasteiger partial charge in [-0.05, 0) is 62.2 Å². The fraction of sp³-hybridized carbons (Fsp3) is 0.476. The van der Waals surface area contributed by atoms with E-state index in [-0.39, 0.29) is 0 Å². The van der Waals surface area contributed by atoms with Gasteiger partial charge in [0.05, 0.1) is 0 Å². The van der Waals surface area contributed by atoms with Crippen molar-refractivity contribution in [3.8, 4) is 0 Å². The molecular weight excluding hydrogens is 284 g/mol.